The van der Waals surface area contributed by atoms with Crippen molar-refractivity contribution in [3.63, 3.8) is 0 Å². The summed E-state index contributed by atoms with van der Waals surface area (Å²) in [4.78, 5) is 10.4. The summed E-state index contributed by atoms with van der Waals surface area (Å²) in [6.07, 6.45) is 2.51. The van der Waals surface area contributed by atoms with Crippen molar-refractivity contribution in [3.05, 3.63) is 35.4 Å². The number of hydrogen-bond acceptors (Lipinski definition) is 3. The number of aliphatic hydroxyl groups is 1. The van der Waals surface area contributed by atoms with Gasteiger partial charge in [-0.2, -0.15) is 0 Å². The highest BCUT2D eigenvalue weighted by Gasteiger charge is 2.32. The van der Waals surface area contributed by atoms with Crippen molar-refractivity contribution in [3.8, 4) is 0 Å². The molecule has 74 valence electrons. The highest BCUT2D eigenvalue weighted by atomic mass is 16.3. The van der Waals surface area contributed by atoms with E-state index < -0.39 is 5.72 Å². The second-order valence-electron chi connectivity index (χ2n) is 3.63. The molecule has 0 radical (unpaired) electrons. The molecule has 0 aliphatic carbocycles. The van der Waals surface area contributed by atoms with Crippen LogP contribution in [0.1, 0.15) is 28.8 Å². The van der Waals surface area contributed by atoms with Gasteiger partial charge in [0.05, 0.1) is 0 Å². The molecule has 1 aliphatic rings. The molecular weight excluding hydrogens is 178 g/mol. The van der Waals surface area contributed by atoms with E-state index in [1.165, 1.54) is 0 Å². The smallest absolute Gasteiger partial charge is 0.150 e. The van der Waals surface area contributed by atoms with E-state index in [2.05, 4.69) is 5.32 Å². The Labute approximate surface area is 82.8 Å². The Hall–Kier alpha value is -1.19. The summed E-state index contributed by atoms with van der Waals surface area (Å²) in [7, 11) is 0. The molecule has 1 atom stereocenters. The Kier molecular flexibility index (Phi) is 2.35. The van der Waals surface area contributed by atoms with Crippen LogP contribution >= 0.6 is 0 Å². The molecule has 0 unspecified atom stereocenters. The minimum atomic E-state index is -0.887. The van der Waals surface area contributed by atoms with E-state index in [4.69, 9.17) is 0 Å². The van der Waals surface area contributed by atoms with E-state index in [1.54, 1.807) is 24.3 Å². The molecule has 0 aromatic heterocycles. The first kappa shape index (κ1) is 9.37. The SMILES string of the molecule is O=Cc1ccc([C@@]2(O)CCCN2)cc1. The predicted molar refractivity (Wildman–Crippen MR) is 53.0 cm³/mol. The third kappa shape index (κ3) is 1.56. The van der Waals surface area contributed by atoms with Crippen LogP contribution in [0.5, 0.6) is 0 Å². The molecule has 3 heteroatoms. The van der Waals surface area contributed by atoms with Crippen molar-refractivity contribution in [1.82, 2.24) is 5.32 Å². The summed E-state index contributed by atoms with van der Waals surface area (Å²) in [6, 6.07) is 7.03. The average molecular weight is 191 g/mol. The molecule has 0 amide bonds. The number of benzene rings is 1. The Morgan fingerprint density at radius 1 is 1.36 bits per heavy atom. The standard InChI is InChI=1S/C11H13NO2/c13-8-9-2-4-10(5-3-9)11(14)6-1-7-12-11/h2-5,8,12,14H,1,6-7H2/t11-/m0/s1. The first-order chi connectivity index (χ1) is 6.74. The largest absolute Gasteiger partial charge is 0.372 e. The van der Waals surface area contributed by atoms with E-state index in [0.29, 0.717) is 5.56 Å². The molecule has 1 aromatic rings. The summed E-state index contributed by atoms with van der Waals surface area (Å²) < 4.78 is 0. The van der Waals surface area contributed by atoms with Gasteiger partial charge in [0, 0.05) is 5.56 Å². The molecule has 2 rings (SSSR count). The summed E-state index contributed by atoms with van der Waals surface area (Å²) in [5.74, 6) is 0. The Balaban J connectivity index is 2.27. The first-order valence-electron chi connectivity index (χ1n) is 4.78. The average Bonchev–Trinajstić information content (AvgIpc) is 2.67. The molecule has 14 heavy (non-hydrogen) atoms. The maximum Gasteiger partial charge on any atom is 0.150 e. The van der Waals surface area contributed by atoms with Gasteiger partial charge < -0.3 is 5.11 Å². The van der Waals surface area contributed by atoms with Crippen molar-refractivity contribution in [2.45, 2.75) is 18.6 Å². The number of rotatable bonds is 2. The van der Waals surface area contributed by atoms with Gasteiger partial charge in [-0.25, -0.2) is 0 Å². The number of nitrogens with one attached hydrogen (secondary N) is 1. The van der Waals surface area contributed by atoms with Gasteiger partial charge in [0.15, 0.2) is 0 Å². The second-order valence-corrected chi connectivity index (χ2v) is 3.63. The molecule has 1 heterocycles. The van der Waals surface area contributed by atoms with E-state index in [9.17, 15) is 9.90 Å². The van der Waals surface area contributed by atoms with Gasteiger partial charge in [0.25, 0.3) is 0 Å². The van der Waals surface area contributed by atoms with Crippen molar-refractivity contribution >= 4 is 6.29 Å². The molecule has 1 aliphatic heterocycles. The lowest BCUT2D eigenvalue weighted by Gasteiger charge is -2.23. The quantitative estimate of drug-likeness (QED) is 0.686. The lowest BCUT2D eigenvalue weighted by atomic mass is 10.00. The summed E-state index contributed by atoms with van der Waals surface area (Å²) in [6.45, 7) is 0.839. The Morgan fingerprint density at radius 3 is 2.57 bits per heavy atom. The molecule has 0 bridgehead atoms. The van der Waals surface area contributed by atoms with Gasteiger partial charge in [0.2, 0.25) is 0 Å². The highest BCUT2D eigenvalue weighted by Crippen LogP contribution is 2.27. The predicted octanol–water partition coefficient (Wildman–Crippen LogP) is 1.03. The summed E-state index contributed by atoms with van der Waals surface area (Å²) in [5.41, 5.74) is 0.581. The van der Waals surface area contributed by atoms with Crippen LogP contribution in [0.15, 0.2) is 24.3 Å². The fourth-order valence-electron chi connectivity index (χ4n) is 1.81. The normalized spacial score (nSPS) is 26.4. The number of hydrogen-bond donors (Lipinski definition) is 2. The molecule has 1 fully saturated rings. The van der Waals surface area contributed by atoms with Gasteiger partial charge >= 0.3 is 0 Å². The minimum Gasteiger partial charge on any atom is -0.372 e. The van der Waals surface area contributed by atoms with Crippen molar-refractivity contribution < 1.29 is 9.90 Å². The van der Waals surface area contributed by atoms with Gasteiger partial charge in [-0.15, -0.1) is 0 Å². The first-order valence-corrected chi connectivity index (χ1v) is 4.78. The monoisotopic (exact) mass is 191 g/mol. The second kappa shape index (κ2) is 3.52. The van der Waals surface area contributed by atoms with Crippen LogP contribution in [0.25, 0.3) is 0 Å². The summed E-state index contributed by atoms with van der Waals surface area (Å²) >= 11 is 0. The van der Waals surface area contributed by atoms with E-state index in [0.717, 1.165) is 31.2 Å². The van der Waals surface area contributed by atoms with Crippen molar-refractivity contribution in [2.75, 3.05) is 6.54 Å². The lowest BCUT2D eigenvalue weighted by molar-refractivity contribution is 0.0207. The van der Waals surface area contributed by atoms with Crippen LogP contribution < -0.4 is 5.32 Å². The van der Waals surface area contributed by atoms with Crippen LogP contribution in [0.4, 0.5) is 0 Å². The van der Waals surface area contributed by atoms with Crippen LogP contribution in [-0.4, -0.2) is 17.9 Å². The highest BCUT2D eigenvalue weighted by molar-refractivity contribution is 5.74. The van der Waals surface area contributed by atoms with Crippen LogP contribution in [0.3, 0.4) is 0 Å². The van der Waals surface area contributed by atoms with Crippen LogP contribution in [0.2, 0.25) is 0 Å². The van der Waals surface area contributed by atoms with Crippen LogP contribution in [0, 0.1) is 0 Å². The van der Waals surface area contributed by atoms with Crippen LogP contribution in [-0.2, 0) is 5.72 Å². The molecule has 2 N–H and O–H groups in total. The zero-order chi connectivity index (χ0) is 10.0. The molecule has 3 nitrogen and oxygen atoms in total. The minimum absolute atomic E-state index is 0.635. The van der Waals surface area contributed by atoms with Gasteiger partial charge in [-0.1, -0.05) is 24.3 Å². The zero-order valence-corrected chi connectivity index (χ0v) is 7.86. The van der Waals surface area contributed by atoms with Gasteiger partial charge in [-0.05, 0) is 24.9 Å². The van der Waals surface area contributed by atoms with Crippen molar-refractivity contribution in [1.29, 1.82) is 0 Å². The number of aldehydes is 1. The molecular formula is C11H13NO2. The zero-order valence-electron chi connectivity index (χ0n) is 7.86. The van der Waals surface area contributed by atoms with Crippen molar-refractivity contribution in [2.24, 2.45) is 0 Å². The van der Waals surface area contributed by atoms with E-state index in [-0.39, 0.29) is 0 Å². The maximum absolute atomic E-state index is 10.4. The molecule has 0 saturated carbocycles. The third-order valence-corrected chi connectivity index (χ3v) is 2.66. The third-order valence-electron chi connectivity index (χ3n) is 2.66. The Bertz CT molecular complexity index is 326. The molecule has 1 aromatic carbocycles. The fourth-order valence-corrected chi connectivity index (χ4v) is 1.81. The summed E-state index contributed by atoms with van der Waals surface area (Å²) in [5, 5.41) is 13.2. The topological polar surface area (TPSA) is 49.3 Å². The van der Waals surface area contributed by atoms with Gasteiger partial charge in [0.1, 0.15) is 12.0 Å². The van der Waals surface area contributed by atoms with E-state index in [1.807, 2.05) is 0 Å². The fraction of sp³-hybridized carbons (Fsp3) is 0.364. The lowest BCUT2D eigenvalue weighted by Crippen LogP contribution is -2.36. The number of carbonyl (C=O) groups excluding carboxylic acids is 1. The molecule has 0 spiro atoms. The van der Waals surface area contributed by atoms with Gasteiger partial charge in [-0.3, -0.25) is 10.1 Å². The van der Waals surface area contributed by atoms with E-state index >= 15 is 0 Å². The Morgan fingerprint density at radius 2 is 2.07 bits per heavy atom. The maximum atomic E-state index is 10.4. The number of carbonyl (C=O) groups is 1. The molecule has 1 saturated heterocycles.